The fourth-order valence-electron chi connectivity index (χ4n) is 2.01. The predicted molar refractivity (Wildman–Crippen MR) is 84.7 cm³/mol. The standard InChI is InChI=1S/C16H19N3O4/c1-10-5-6-13(23-10)7-8-15(21)22-9-14(20)17-16-11(2)18-19(4)12(16)3/h5-8H,9H2,1-4H3,(H,17,20)/b8-7+. The zero-order chi connectivity index (χ0) is 17.0. The maximum absolute atomic E-state index is 11.8. The Hall–Kier alpha value is -2.83. The molecule has 0 spiro atoms. The van der Waals surface area contributed by atoms with Crippen molar-refractivity contribution in [1.29, 1.82) is 0 Å². The Morgan fingerprint density at radius 1 is 1.35 bits per heavy atom. The van der Waals surface area contributed by atoms with Gasteiger partial charge in [-0.3, -0.25) is 9.48 Å². The number of rotatable bonds is 5. The molecule has 7 heteroatoms. The molecule has 0 atom stereocenters. The van der Waals surface area contributed by atoms with Crippen LogP contribution in [0.15, 0.2) is 22.6 Å². The minimum atomic E-state index is -0.617. The van der Waals surface area contributed by atoms with Gasteiger partial charge >= 0.3 is 5.97 Å². The first-order chi connectivity index (χ1) is 10.9. The van der Waals surface area contributed by atoms with Crippen LogP contribution in [0.2, 0.25) is 0 Å². The molecular weight excluding hydrogens is 298 g/mol. The average molecular weight is 317 g/mol. The molecule has 0 aliphatic carbocycles. The highest BCUT2D eigenvalue weighted by atomic mass is 16.5. The number of carbonyl (C=O) groups is 2. The molecule has 2 aromatic heterocycles. The molecule has 0 unspecified atom stereocenters. The van der Waals surface area contributed by atoms with Crippen LogP contribution in [0.4, 0.5) is 5.69 Å². The van der Waals surface area contributed by atoms with Crippen LogP contribution in [0, 0.1) is 20.8 Å². The lowest BCUT2D eigenvalue weighted by molar-refractivity contribution is -0.142. The molecule has 23 heavy (non-hydrogen) atoms. The van der Waals surface area contributed by atoms with Gasteiger partial charge in [0.1, 0.15) is 11.5 Å². The normalized spacial score (nSPS) is 11.0. The van der Waals surface area contributed by atoms with Crippen LogP contribution >= 0.6 is 0 Å². The van der Waals surface area contributed by atoms with Crippen LogP contribution in [-0.2, 0) is 21.4 Å². The molecule has 1 N–H and O–H groups in total. The van der Waals surface area contributed by atoms with Crippen molar-refractivity contribution >= 4 is 23.6 Å². The highest BCUT2D eigenvalue weighted by molar-refractivity contribution is 5.95. The van der Waals surface area contributed by atoms with Gasteiger partial charge in [0.2, 0.25) is 0 Å². The lowest BCUT2D eigenvalue weighted by atomic mass is 10.3. The van der Waals surface area contributed by atoms with Gasteiger partial charge in [-0.1, -0.05) is 0 Å². The molecule has 0 radical (unpaired) electrons. The van der Waals surface area contributed by atoms with E-state index in [1.54, 1.807) is 30.8 Å². The van der Waals surface area contributed by atoms with Crippen molar-refractivity contribution in [3.63, 3.8) is 0 Å². The fourth-order valence-corrected chi connectivity index (χ4v) is 2.01. The number of carbonyl (C=O) groups excluding carboxylic acids is 2. The Morgan fingerprint density at radius 2 is 2.09 bits per heavy atom. The van der Waals surface area contributed by atoms with Crippen LogP contribution in [0.5, 0.6) is 0 Å². The van der Waals surface area contributed by atoms with Gasteiger partial charge in [0.25, 0.3) is 5.91 Å². The summed E-state index contributed by atoms with van der Waals surface area (Å²) in [6.45, 7) is 5.08. The van der Waals surface area contributed by atoms with Gasteiger partial charge in [-0.25, -0.2) is 4.79 Å². The van der Waals surface area contributed by atoms with E-state index in [0.717, 1.165) is 11.5 Å². The summed E-state index contributed by atoms with van der Waals surface area (Å²) < 4.78 is 11.8. The number of anilines is 1. The maximum atomic E-state index is 11.8. The van der Waals surface area contributed by atoms with Gasteiger partial charge in [0.05, 0.1) is 17.1 Å². The summed E-state index contributed by atoms with van der Waals surface area (Å²) in [7, 11) is 1.79. The molecule has 0 aliphatic heterocycles. The van der Waals surface area contributed by atoms with E-state index >= 15 is 0 Å². The first-order valence-corrected chi connectivity index (χ1v) is 7.08. The van der Waals surface area contributed by atoms with Crippen LogP contribution in [-0.4, -0.2) is 28.3 Å². The SMILES string of the molecule is Cc1ccc(/C=C/C(=O)OCC(=O)Nc2c(C)nn(C)c2C)o1. The second-order valence-corrected chi connectivity index (χ2v) is 5.11. The van der Waals surface area contributed by atoms with Crippen molar-refractivity contribution < 1.29 is 18.7 Å². The Kier molecular flexibility index (Phi) is 5.00. The van der Waals surface area contributed by atoms with E-state index in [2.05, 4.69) is 10.4 Å². The van der Waals surface area contributed by atoms with Crippen molar-refractivity contribution in [2.75, 3.05) is 11.9 Å². The number of furan rings is 1. The Morgan fingerprint density at radius 3 is 2.65 bits per heavy atom. The molecule has 0 aromatic carbocycles. The van der Waals surface area contributed by atoms with E-state index < -0.39 is 11.9 Å². The predicted octanol–water partition coefficient (Wildman–Crippen LogP) is 2.13. The van der Waals surface area contributed by atoms with Gasteiger partial charge in [0, 0.05) is 13.1 Å². The molecule has 2 aromatic rings. The van der Waals surface area contributed by atoms with E-state index in [1.165, 1.54) is 12.2 Å². The van der Waals surface area contributed by atoms with Crippen molar-refractivity contribution in [3.8, 4) is 0 Å². The Balaban J connectivity index is 1.84. The van der Waals surface area contributed by atoms with Crippen molar-refractivity contribution in [2.45, 2.75) is 20.8 Å². The summed E-state index contributed by atoms with van der Waals surface area (Å²) in [6, 6.07) is 3.52. The van der Waals surface area contributed by atoms with E-state index in [4.69, 9.17) is 9.15 Å². The summed E-state index contributed by atoms with van der Waals surface area (Å²) in [6.07, 6.45) is 2.70. The summed E-state index contributed by atoms with van der Waals surface area (Å²) >= 11 is 0. The van der Waals surface area contributed by atoms with Crippen molar-refractivity contribution in [1.82, 2.24) is 9.78 Å². The lowest BCUT2D eigenvalue weighted by Gasteiger charge is -2.05. The fraction of sp³-hybridized carbons (Fsp3) is 0.312. The maximum Gasteiger partial charge on any atom is 0.331 e. The highest BCUT2D eigenvalue weighted by Gasteiger charge is 2.13. The lowest BCUT2D eigenvalue weighted by Crippen LogP contribution is -2.20. The van der Waals surface area contributed by atoms with E-state index in [1.807, 2.05) is 13.8 Å². The van der Waals surface area contributed by atoms with Crippen LogP contribution in [0.1, 0.15) is 22.9 Å². The first-order valence-electron chi connectivity index (χ1n) is 7.08. The molecule has 0 saturated heterocycles. The van der Waals surface area contributed by atoms with Crippen molar-refractivity contribution in [2.24, 2.45) is 7.05 Å². The van der Waals surface area contributed by atoms with Crippen LogP contribution < -0.4 is 5.32 Å². The summed E-state index contributed by atoms with van der Waals surface area (Å²) in [5.41, 5.74) is 2.17. The number of nitrogens with one attached hydrogen (secondary N) is 1. The minimum Gasteiger partial charge on any atom is -0.462 e. The molecule has 122 valence electrons. The third-order valence-corrected chi connectivity index (χ3v) is 3.26. The summed E-state index contributed by atoms with van der Waals surface area (Å²) in [5, 5.41) is 6.89. The molecule has 2 rings (SSSR count). The molecular formula is C16H19N3O4. The number of hydrogen-bond acceptors (Lipinski definition) is 5. The third-order valence-electron chi connectivity index (χ3n) is 3.26. The van der Waals surface area contributed by atoms with E-state index in [-0.39, 0.29) is 6.61 Å². The second kappa shape index (κ2) is 6.95. The largest absolute Gasteiger partial charge is 0.462 e. The zero-order valence-electron chi connectivity index (χ0n) is 13.5. The number of aryl methyl sites for hydroxylation is 3. The van der Waals surface area contributed by atoms with Gasteiger partial charge in [-0.05, 0) is 39.0 Å². The van der Waals surface area contributed by atoms with Gasteiger partial charge in [-0.15, -0.1) is 0 Å². The first kappa shape index (κ1) is 16.5. The number of amides is 1. The zero-order valence-corrected chi connectivity index (χ0v) is 13.5. The number of hydrogen-bond donors (Lipinski definition) is 1. The number of ether oxygens (including phenoxy) is 1. The molecule has 7 nitrogen and oxygen atoms in total. The quantitative estimate of drug-likeness (QED) is 0.674. The highest BCUT2D eigenvalue weighted by Crippen LogP contribution is 2.18. The van der Waals surface area contributed by atoms with Gasteiger partial charge in [-0.2, -0.15) is 5.10 Å². The number of aromatic nitrogens is 2. The summed E-state index contributed by atoms with van der Waals surface area (Å²) in [5.74, 6) is 0.263. The van der Waals surface area contributed by atoms with Gasteiger partial charge in [0.15, 0.2) is 6.61 Å². The number of nitrogens with zero attached hydrogens (tertiary/aromatic N) is 2. The van der Waals surface area contributed by atoms with Crippen LogP contribution in [0.3, 0.4) is 0 Å². The number of esters is 1. The average Bonchev–Trinajstić information content (AvgIpc) is 3.02. The Labute approximate surface area is 133 Å². The van der Waals surface area contributed by atoms with E-state index in [0.29, 0.717) is 17.1 Å². The van der Waals surface area contributed by atoms with E-state index in [9.17, 15) is 9.59 Å². The summed E-state index contributed by atoms with van der Waals surface area (Å²) in [4.78, 5) is 23.4. The topological polar surface area (TPSA) is 86.4 Å². The Bertz CT molecular complexity index is 755. The molecule has 0 bridgehead atoms. The van der Waals surface area contributed by atoms with Crippen molar-refractivity contribution in [3.05, 3.63) is 41.1 Å². The van der Waals surface area contributed by atoms with Crippen LogP contribution in [0.25, 0.3) is 6.08 Å². The molecule has 0 aliphatic rings. The molecule has 2 heterocycles. The molecule has 0 saturated carbocycles. The third kappa shape index (κ3) is 4.32. The second-order valence-electron chi connectivity index (χ2n) is 5.11. The minimum absolute atomic E-state index is 0.367. The van der Waals surface area contributed by atoms with Gasteiger partial charge < -0.3 is 14.5 Å². The molecule has 1 amide bonds. The molecule has 0 fully saturated rings. The smallest absolute Gasteiger partial charge is 0.331 e. The monoisotopic (exact) mass is 317 g/mol.